The molecule has 0 amide bonds. The number of rotatable bonds is 12. The van der Waals surface area contributed by atoms with Gasteiger partial charge in [0.1, 0.15) is 18.4 Å². The number of aromatic nitrogens is 4. The average Bonchev–Trinajstić information content (AvgIpc) is 3.45. The smallest absolute Gasteiger partial charge is 0.456 e. The highest BCUT2D eigenvalue weighted by atomic mass is 31.3. The van der Waals surface area contributed by atoms with Gasteiger partial charge in [-0.3, -0.25) is 18.9 Å². The van der Waals surface area contributed by atoms with Crippen LogP contribution in [-0.2, 0) is 42.7 Å². The molecule has 5 atom stereocenters. The van der Waals surface area contributed by atoms with Gasteiger partial charge in [0.2, 0.25) is 5.95 Å². The third-order valence-corrected chi connectivity index (χ3v) is 9.47. The molecule has 9 N–H and O–H groups in total. The van der Waals surface area contributed by atoms with Crippen molar-refractivity contribution in [1.29, 1.82) is 0 Å². The number of nitrogen functional groups attached to an aromatic ring is 1. The molecule has 3 heterocycles. The molecule has 3 unspecified atom stereocenters. The molecular weight excluding hydrogens is 629 g/mol. The van der Waals surface area contributed by atoms with E-state index in [2.05, 4.69) is 23.6 Å². The average molecular weight is 654 g/mol. The Morgan fingerprint density at radius 2 is 1.86 bits per heavy atom. The molecule has 1 saturated heterocycles. The second kappa shape index (κ2) is 12.4. The highest BCUT2D eigenvalue weighted by molar-refractivity contribution is 7.66. The molecule has 42 heavy (non-hydrogen) atoms. The van der Waals surface area contributed by atoms with Crippen molar-refractivity contribution < 1.29 is 60.7 Å². The maximum absolute atomic E-state index is 13.1. The summed E-state index contributed by atoms with van der Waals surface area (Å²) in [4.78, 5) is 72.3. The lowest BCUT2D eigenvalue weighted by Crippen LogP contribution is -2.31. The van der Waals surface area contributed by atoms with Gasteiger partial charge in [-0.25, -0.2) is 23.5 Å². The van der Waals surface area contributed by atoms with Crippen molar-refractivity contribution in [2.24, 2.45) is 5.73 Å². The van der Waals surface area contributed by atoms with Crippen LogP contribution in [0.15, 0.2) is 35.4 Å². The molecule has 1 aliphatic rings. The molecule has 0 spiro atoms. The number of nitrogens with one attached hydrogen (secondary N) is 1. The normalized spacial score (nSPS) is 22.1. The van der Waals surface area contributed by atoms with Gasteiger partial charge in [-0.2, -0.15) is 13.6 Å². The van der Waals surface area contributed by atoms with E-state index in [-0.39, 0.29) is 35.6 Å². The van der Waals surface area contributed by atoms with E-state index in [0.29, 0.717) is 12.0 Å². The number of hydrogen-bond acceptors (Lipinski definition) is 14. The van der Waals surface area contributed by atoms with E-state index in [4.69, 9.17) is 35.3 Å². The molecule has 4 rings (SSSR count). The molecule has 230 valence electrons. The van der Waals surface area contributed by atoms with Crippen molar-refractivity contribution in [3.63, 3.8) is 0 Å². The summed E-state index contributed by atoms with van der Waals surface area (Å²) in [6.45, 7) is -0.671. The number of benzene rings is 1. The topological polar surface area (TPSA) is 311 Å². The number of fused-ring (bicyclic) bond motifs is 1. The Labute approximate surface area is 235 Å². The van der Waals surface area contributed by atoms with Gasteiger partial charge >= 0.3 is 29.4 Å². The summed E-state index contributed by atoms with van der Waals surface area (Å²) in [6.07, 6.45) is -2.16. The quantitative estimate of drug-likeness (QED) is 0.100. The van der Waals surface area contributed by atoms with Crippen LogP contribution in [0.3, 0.4) is 0 Å². The first-order valence-corrected chi connectivity index (χ1v) is 16.2. The van der Waals surface area contributed by atoms with Crippen LogP contribution in [-0.4, -0.2) is 70.4 Å². The number of nitrogens with two attached hydrogens (primary N) is 2. The van der Waals surface area contributed by atoms with Crippen LogP contribution in [0.2, 0.25) is 0 Å². The van der Waals surface area contributed by atoms with Gasteiger partial charge in [-0.1, -0.05) is 18.2 Å². The van der Waals surface area contributed by atoms with Crippen molar-refractivity contribution in [3.8, 4) is 0 Å². The van der Waals surface area contributed by atoms with E-state index < -0.39 is 60.0 Å². The largest absolute Gasteiger partial charge is 0.490 e. The van der Waals surface area contributed by atoms with Gasteiger partial charge < -0.3 is 40.5 Å². The van der Waals surface area contributed by atoms with Crippen LogP contribution in [0, 0.1) is 0 Å². The summed E-state index contributed by atoms with van der Waals surface area (Å²) in [5.74, 6) is -1.03. The first-order chi connectivity index (χ1) is 19.6. The van der Waals surface area contributed by atoms with Crippen LogP contribution in [0.1, 0.15) is 28.6 Å². The van der Waals surface area contributed by atoms with Crippen molar-refractivity contribution in [1.82, 2.24) is 19.5 Å². The van der Waals surface area contributed by atoms with Crippen LogP contribution in [0.4, 0.5) is 5.95 Å². The number of phosphoric acid groups is 3. The van der Waals surface area contributed by atoms with Crippen LogP contribution >= 0.6 is 23.5 Å². The fourth-order valence-corrected chi connectivity index (χ4v) is 7.09. The van der Waals surface area contributed by atoms with Gasteiger partial charge in [-0.15, -0.1) is 0 Å². The number of aromatic amines is 1. The van der Waals surface area contributed by atoms with Gasteiger partial charge in [-0.05, 0) is 24.6 Å². The summed E-state index contributed by atoms with van der Waals surface area (Å²) < 4.78 is 59.8. The van der Waals surface area contributed by atoms with Crippen LogP contribution in [0.5, 0.6) is 0 Å². The Kier molecular flexibility index (Phi) is 9.49. The fourth-order valence-electron chi connectivity index (χ4n) is 4.06. The molecule has 20 nitrogen and oxygen atoms in total. The number of carbonyl (C=O) groups is 1. The minimum atomic E-state index is -5.78. The summed E-state index contributed by atoms with van der Waals surface area (Å²) in [5.41, 5.74) is 11.3. The lowest BCUT2D eigenvalue weighted by Gasteiger charge is -2.21. The lowest BCUT2D eigenvalue weighted by atomic mass is 10.0. The molecule has 1 fully saturated rings. The number of phosphoric ester groups is 1. The van der Waals surface area contributed by atoms with Gasteiger partial charge in [0.05, 0.1) is 18.5 Å². The van der Waals surface area contributed by atoms with E-state index in [1.54, 1.807) is 18.2 Å². The Bertz CT molecular complexity index is 1670. The van der Waals surface area contributed by atoms with Gasteiger partial charge in [0, 0.05) is 6.42 Å². The molecule has 23 heteroatoms. The number of carbonyl (C=O) groups excluding carboxylic acids is 1. The molecule has 0 radical (unpaired) electrons. The summed E-state index contributed by atoms with van der Waals surface area (Å²) in [5, 5.41) is 0. The second-order valence-corrected chi connectivity index (χ2v) is 13.1. The summed E-state index contributed by atoms with van der Waals surface area (Å²) in [6, 6.07) is 6.48. The first-order valence-electron chi connectivity index (χ1n) is 11.7. The zero-order valence-corrected chi connectivity index (χ0v) is 23.8. The molecule has 3 aromatic rings. The number of anilines is 1. The monoisotopic (exact) mass is 654 g/mol. The van der Waals surface area contributed by atoms with Crippen LogP contribution < -0.4 is 17.0 Å². The predicted octanol–water partition coefficient (Wildman–Crippen LogP) is 0.0594. The van der Waals surface area contributed by atoms with E-state index >= 15 is 0 Å². The van der Waals surface area contributed by atoms with Gasteiger partial charge in [0.25, 0.3) is 5.56 Å². The van der Waals surface area contributed by atoms with Crippen molar-refractivity contribution >= 4 is 46.5 Å². The number of esters is 1. The highest BCUT2D eigenvalue weighted by Crippen LogP contribution is 2.66. The minimum absolute atomic E-state index is 0.00755. The van der Waals surface area contributed by atoms with E-state index in [9.17, 15) is 33.1 Å². The number of nitrogens with zero attached hydrogens (tertiary/aromatic N) is 3. The Morgan fingerprint density at radius 1 is 1.14 bits per heavy atom. The van der Waals surface area contributed by atoms with Crippen molar-refractivity contribution in [2.75, 3.05) is 18.9 Å². The standard InChI is InChI=1S/C19H25N6O14P3/c20-6-5-10-3-1-2-4-11(10)18(27)37-12-7-14(25-9-22-15-16(25)23-19(21)24-17(15)26)36-13(12)8-35-41(31,32)39-42(33,34)38-40(28,29)30/h1-4,9,12-14H,5-8,20H2,(H,31,32)(H,33,34)(H2,28,29,30)(H3,21,23,24,26)/t12-,13?,14-/m1/s1. The third kappa shape index (κ3) is 7.96. The fraction of sp³-hybridized carbons (Fsp3) is 0.368. The second-order valence-electron chi connectivity index (χ2n) is 8.67. The number of H-pyrrole nitrogens is 1. The zero-order chi connectivity index (χ0) is 30.9. The van der Waals surface area contributed by atoms with Gasteiger partial charge in [0.15, 0.2) is 11.2 Å². The predicted molar refractivity (Wildman–Crippen MR) is 139 cm³/mol. The lowest BCUT2D eigenvalue weighted by molar-refractivity contribution is -0.0490. The zero-order valence-electron chi connectivity index (χ0n) is 21.2. The molecule has 2 aromatic heterocycles. The number of hydrogen-bond donors (Lipinski definition) is 7. The summed E-state index contributed by atoms with van der Waals surface area (Å²) in [7, 11) is -16.9. The molecule has 0 saturated carbocycles. The number of imidazole rings is 1. The van der Waals surface area contributed by atoms with E-state index in [1.807, 2.05) is 0 Å². The highest BCUT2D eigenvalue weighted by Gasteiger charge is 2.44. The van der Waals surface area contributed by atoms with E-state index in [1.165, 1.54) is 17.0 Å². The van der Waals surface area contributed by atoms with Crippen molar-refractivity contribution in [2.45, 2.75) is 31.3 Å². The maximum atomic E-state index is 13.1. The van der Waals surface area contributed by atoms with E-state index in [0.717, 1.165) is 0 Å². The van der Waals surface area contributed by atoms with Crippen molar-refractivity contribution in [3.05, 3.63) is 52.1 Å². The SMILES string of the molecule is NCCc1ccccc1C(=O)O[C@@H]1C[C@H](n2cnc3c(=O)[nH]c(N)nc32)OC1COP(=O)(O)OP(=O)(O)OP(=O)(O)O. The Balaban J connectivity index is 1.58. The first kappa shape index (κ1) is 32.1. The molecule has 1 aromatic carbocycles. The molecule has 0 bridgehead atoms. The van der Waals surface area contributed by atoms with Crippen LogP contribution in [0.25, 0.3) is 11.2 Å². The maximum Gasteiger partial charge on any atom is 0.490 e. The Morgan fingerprint density at radius 3 is 2.55 bits per heavy atom. The molecule has 1 aliphatic heterocycles. The number of ether oxygens (including phenoxy) is 2. The molecule has 0 aliphatic carbocycles. The Hall–Kier alpha value is -2.83. The third-order valence-electron chi connectivity index (χ3n) is 5.67. The summed E-state index contributed by atoms with van der Waals surface area (Å²) >= 11 is 0. The minimum Gasteiger partial charge on any atom is -0.456 e. The molecular formula is C19H25N6O14P3.